The van der Waals surface area contributed by atoms with Crippen molar-refractivity contribution in [3.05, 3.63) is 15.6 Å². The minimum absolute atomic E-state index is 0.221. The molecule has 3 radical (unpaired) electrons. The normalized spacial score (nSPS) is 10.2. The molecule has 0 aliphatic carbocycles. The molecule has 7 heteroatoms. The van der Waals surface area contributed by atoms with Crippen LogP contribution in [-0.4, -0.2) is 36.4 Å². The van der Waals surface area contributed by atoms with Gasteiger partial charge in [-0.05, 0) is 0 Å². The number of hydrogen-bond acceptors (Lipinski definition) is 4. The van der Waals surface area contributed by atoms with E-state index in [1.165, 1.54) is 16.5 Å². The van der Waals surface area contributed by atoms with Crippen molar-refractivity contribution in [1.82, 2.24) is 0 Å². The molecule has 0 aliphatic heterocycles. The second-order valence-corrected chi connectivity index (χ2v) is 4.09. The van der Waals surface area contributed by atoms with E-state index in [1.807, 2.05) is 0 Å². The van der Waals surface area contributed by atoms with Gasteiger partial charge in [-0.1, -0.05) is 0 Å². The quantitative estimate of drug-likeness (QED) is 0.541. The van der Waals surface area contributed by atoms with Crippen LogP contribution in [0.25, 0.3) is 0 Å². The molecule has 0 atom stereocenters. The van der Waals surface area contributed by atoms with Crippen LogP contribution in [0, 0.1) is 0 Å². The van der Waals surface area contributed by atoms with E-state index in [-0.39, 0.29) is 15.6 Å². The summed E-state index contributed by atoms with van der Waals surface area (Å²) < 4.78 is -0.523. The fourth-order valence-corrected chi connectivity index (χ4v) is 2.30. The van der Waals surface area contributed by atoms with Crippen molar-refractivity contribution >= 4 is 44.3 Å². The van der Waals surface area contributed by atoms with E-state index in [4.69, 9.17) is 28.3 Å². The second kappa shape index (κ2) is 3.88. The Kier molecular flexibility index (Phi) is 3.18. The first kappa shape index (κ1) is 11.5. The predicted molar refractivity (Wildman–Crippen MR) is 51.5 cm³/mol. The van der Waals surface area contributed by atoms with E-state index in [2.05, 4.69) is 0 Å². The molecule has 1 aromatic rings. The molecule has 0 unspecified atom stereocenters. The van der Waals surface area contributed by atoms with Crippen LogP contribution in [0.1, 0.15) is 10.4 Å². The summed E-state index contributed by atoms with van der Waals surface area (Å²) in [5, 5.41) is 26.7. The summed E-state index contributed by atoms with van der Waals surface area (Å²) in [5.41, 5.74) is -0.221. The van der Waals surface area contributed by atoms with Gasteiger partial charge in [-0.3, -0.25) is 0 Å². The maximum absolute atomic E-state index is 11.0. The molecule has 3 N–H and O–H groups in total. The fourth-order valence-electron chi connectivity index (χ4n) is 0.853. The van der Waals surface area contributed by atoms with E-state index in [1.54, 1.807) is 0 Å². The molecule has 1 aromatic carbocycles. The predicted octanol–water partition coefficient (Wildman–Crippen LogP) is 1.42. The number of benzene rings is 1. The van der Waals surface area contributed by atoms with Gasteiger partial charge in [0.2, 0.25) is 0 Å². The fraction of sp³-hybridized carbons (Fsp3) is 0. The molecule has 1 rings (SSSR count). The number of rotatable bonds is 1. The van der Waals surface area contributed by atoms with Crippen molar-refractivity contribution in [1.29, 1.82) is 0 Å². The summed E-state index contributed by atoms with van der Waals surface area (Å²) in [6, 6.07) is 0. The summed E-state index contributed by atoms with van der Waals surface area (Å²) in [4.78, 5) is 11.0. The summed E-state index contributed by atoms with van der Waals surface area (Å²) in [5.74, 6) is -2.37. The SMILES string of the molecule is O=[C]([Ge])c1c(Cl)c(O)c(O)c(O)c1Cl. The second-order valence-electron chi connectivity index (χ2n) is 2.38. The van der Waals surface area contributed by atoms with E-state index in [9.17, 15) is 15.0 Å². The molecule has 14 heavy (non-hydrogen) atoms. The maximum atomic E-state index is 11.0. The summed E-state index contributed by atoms with van der Waals surface area (Å²) in [7, 11) is 0. The Hall–Kier alpha value is -0.587. The molecule has 0 amide bonds. The number of aromatic hydroxyl groups is 3. The van der Waals surface area contributed by atoms with Gasteiger partial charge in [0.15, 0.2) is 0 Å². The Labute approximate surface area is 97.3 Å². The first-order valence-corrected chi connectivity index (χ1v) is 5.06. The van der Waals surface area contributed by atoms with Crippen molar-refractivity contribution in [2.45, 2.75) is 0 Å². The molecule has 0 aromatic heterocycles. The van der Waals surface area contributed by atoms with Gasteiger partial charge >= 0.3 is 97.3 Å². The zero-order valence-electron chi connectivity index (χ0n) is 6.51. The Bertz CT molecular complexity index is 390. The van der Waals surface area contributed by atoms with Gasteiger partial charge in [0.25, 0.3) is 0 Å². The van der Waals surface area contributed by atoms with Crippen LogP contribution in [0.3, 0.4) is 0 Å². The van der Waals surface area contributed by atoms with Crippen LogP contribution in [0.2, 0.25) is 10.0 Å². The van der Waals surface area contributed by atoms with Crippen LogP contribution in [0.15, 0.2) is 0 Å². The first-order chi connectivity index (χ1) is 6.37. The Morgan fingerprint density at radius 1 is 1.00 bits per heavy atom. The van der Waals surface area contributed by atoms with Crippen LogP contribution >= 0.6 is 23.2 Å². The zero-order valence-corrected chi connectivity index (χ0v) is 10.1. The van der Waals surface area contributed by atoms with Crippen LogP contribution in [0.5, 0.6) is 17.2 Å². The number of phenols is 3. The van der Waals surface area contributed by atoms with Gasteiger partial charge < -0.3 is 0 Å². The molecule has 4 nitrogen and oxygen atoms in total. The molecule has 0 saturated heterocycles. The third-order valence-electron chi connectivity index (χ3n) is 1.53. The molecule has 0 saturated carbocycles. The molecule has 0 fully saturated rings. The van der Waals surface area contributed by atoms with Crippen LogP contribution in [0.4, 0.5) is 0 Å². The van der Waals surface area contributed by atoms with Crippen LogP contribution in [-0.2, 0) is 0 Å². The molecule has 73 valence electrons. The topological polar surface area (TPSA) is 77.8 Å². The Morgan fingerprint density at radius 2 is 1.36 bits per heavy atom. The van der Waals surface area contributed by atoms with E-state index >= 15 is 0 Å². The van der Waals surface area contributed by atoms with Gasteiger partial charge in [0.05, 0.1) is 0 Å². The summed E-state index contributed by atoms with van der Waals surface area (Å²) >= 11 is 12.3. The minimum atomic E-state index is -0.843. The number of halogens is 2. The third kappa shape index (κ3) is 1.65. The van der Waals surface area contributed by atoms with Gasteiger partial charge in [-0.25, -0.2) is 0 Å². The third-order valence-corrected chi connectivity index (χ3v) is 2.79. The number of phenolic OH excluding ortho intramolecular Hbond substituents is 3. The average molecular weight is 295 g/mol. The Morgan fingerprint density at radius 3 is 1.64 bits per heavy atom. The molecule has 0 bridgehead atoms. The number of hydrogen-bond donors (Lipinski definition) is 3. The van der Waals surface area contributed by atoms with Crippen molar-refractivity contribution in [3.63, 3.8) is 0 Å². The first-order valence-electron chi connectivity index (χ1n) is 3.25. The standard InChI is InChI=1S/C7H3Cl2GeO4/c8-2-1(7(10)14)3(9)5(12)6(13)4(2)11/h11-13H. The monoisotopic (exact) mass is 295 g/mol. The van der Waals surface area contributed by atoms with Gasteiger partial charge in [-0.15, -0.1) is 0 Å². The van der Waals surface area contributed by atoms with Crippen molar-refractivity contribution in [2.24, 2.45) is 0 Å². The van der Waals surface area contributed by atoms with E-state index < -0.39 is 21.9 Å². The summed E-state index contributed by atoms with van der Waals surface area (Å²) in [6.07, 6.45) is 0. The molecule has 0 heterocycles. The molecule has 0 aliphatic rings. The average Bonchev–Trinajstić information content (AvgIpc) is 2.11. The molecule has 0 spiro atoms. The van der Waals surface area contributed by atoms with Crippen molar-refractivity contribution in [2.75, 3.05) is 0 Å². The number of carbonyl (C=O) groups is 1. The zero-order chi connectivity index (χ0) is 11.0. The van der Waals surface area contributed by atoms with Gasteiger partial charge in [0.1, 0.15) is 0 Å². The van der Waals surface area contributed by atoms with E-state index in [0.29, 0.717) is 0 Å². The number of carbonyl (C=O) groups excluding carboxylic acids is 1. The Balaban J connectivity index is 3.68. The summed E-state index contributed by atoms with van der Waals surface area (Å²) in [6.45, 7) is 0. The molecular formula is C7H3Cl2GeO4. The van der Waals surface area contributed by atoms with Gasteiger partial charge in [0, 0.05) is 0 Å². The van der Waals surface area contributed by atoms with Crippen molar-refractivity contribution in [3.8, 4) is 17.2 Å². The van der Waals surface area contributed by atoms with Gasteiger partial charge in [-0.2, -0.15) is 0 Å². The molecular weight excluding hydrogens is 292 g/mol. The van der Waals surface area contributed by atoms with Crippen LogP contribution < -0.4 is 0 Å². The van der Waals surface area contributed by atoms with E-state index in [0.717, 1.165) is 0 Å². The van der Waals surface area contributed by atoms with Crippen molar-refractivity contribution < 1.29 is 20.1 Å².